The van der Waals surface area contributed by atoms with Crippen LogP contribution in [0.25, 0.3) is 0 Å². The minimum Gasteiger partial charge on any atom is -0.495 e. The molecule has 7 rings (SSSR count). The number of piperidine rings is 1. The largest absolute Gasteiger partial charge is 0.495 e. The van der Waals surface area contributed by atoms with Gasteiger partial charge in [0.15, 0.2) is 0 Å². The molecule has 54 heavy (non-hydrogen) atoms. The van der Waals surface area contributed by atoms with Crippen molar-refractivity contribution in [2.75, 3.05) is 86.0 Å². The molecular formula is C40H53N9O5. The van der Waals surface area contributed by atoms with E-state index >= 15 is 0 Å². The van der Waals surface area contributed by atoms with Gasteiger partial charge in [0.05, 0.1) is 25.0 Å². The number of piperazine rings is 1. The lowest BCUT2D eigenvalue weighted by atomic mass is 9.95. The molecule has 4 aliphatic heterocycles. The first-order valence-electron chi connectivity index (χ1n) is 19.1. The molecular weight excluding hydrogens is 686 g/mol. The third-order valence-corrected chi connectivity index (χ3v) is 10.8. The molecule has 2 N–H and O–H groups in total. The zero-order valence-corrected chi connectivity index (χ0v) is 32.2. The summed E-state index contributed by atoms with van der Waals surface area (Å²) in [7, 11) is 1.71. The second-order valence-corrected chi connectivity index (χ2v) is 15.8. The number of nitrogens with one attached hydrogen (secondary N) is 2. The number of ether oxygens (including phenoxy) is 2. The number of fused-ring (bicyclic) bond motifs is 1. The normalized spacial score (nSPS) is 18.7. The summed E-state index contributed by atoms with van der Waals surface area (Å²) in [5.74, 6) is 1.72. The molecule has 1 aromatic heterocycles. The van der Waals surface area contributed by atoms with E-state index in [0.29, 0.717) is 44.3 Å². The Balaban J connectivity index is 0.885. The molecule has 0 atom stereocenters. The molecule has 14 heteroatoms. The molecule has 0 saturated carbocycles. The summed E-state index contributed by atoms with van der Waals surface area (Å²) in [5.41, 5.74) is 6.31. The molecule has 5 heterocycles. The number of benzene rings is 2. The fourth-order valence-corrected chi connectivity index (χ4v) is 7.83. The summed E-state index contributed by atoms with van der Waals surface area (Å²) < 4.78 is 11.4. The van der Waals surface area contributed by atoms with Gasteiger partial charge >= 0.3 is 12.1 Å². The van der Waals surface area contributed by atoms with E-state index in [2.05, 4.69) is 48.5 Å². The van der Waals surface area contributed by atoms with Crippen LogP contribution in [-0.2, 0) is 22.5 Å². The maximum Gasteiger partial charge on any atom is 0.410 e. The summed E-state index contributed by atoms with van der Waals surface area (Å²) in [6, 6.07) is 12.1. The van der Waals surface area contributed by atoms with E-state index in [1.807, 2.05) is 52.1 Å². The maximum absolute atomic E-state index is 12.7. The van der Waals surface area contributed by atoms with Crippen molar-refractivity contribution in [3.05, 3.63) is 59.4 Å². The van der Waals surface area contributed by atoms with E-state index < -0.39 is 5.60 Å². The quantitative estimate of drug-likeness (QED) is 0.311. The molecule has 4 aliphatic rings. The number of rotatable bonds is 8. The highest BCUT2D eigenvalue weighted by Crippen LogP contribution is 2.35. The van der Waals surface area contributed by atoms with Gasteiger partial charge < -0.3 is 29.5 Å². The van der Waals surface area contributed by atoms with Gasteiger partial charge in [-0.25, -0.2) is 19.6 Å². The lowest BCUT2D eigenvalue weighted by molar-refractivity contribution is -0.120. The molecule has 3 saturated heterocycles. The number of hydrogen-bond donors (Lipinski definition) is 2. The monoisotopic (exact) mass is 739 g/mol. The number of carbonyl (C=O) groups is 3. The number of urea groups is 1. The Hall–Kier alpha value is -5.11. The van der Waals surface area contributed by atoms with Gasteiger partial charge in [-0.05, 0) is 94.3 Å². The molecule has 0 unspecified atom stereocenters. The first kappa shape index (κ1) is 37.2. The number of aryl methyl sites for hydroxylation is 1. The molecule has 0 radical (unpaired) electrons. The van der Waals surface area contributed by atoms with E-state index in [-0.39, 0.29) is 18.0 Å². The second-order valence-electron chi connectivity index (χ2n) is 15.8. The first-order chi connectivity index (χ1) is 25.9. The van der Waals surface area contributed by atoms with Gasteiger partial charge in [-0.1, -0.05) is 0 Å². The fraction of sp³-hybridized carbons (Fsp3) is 0.525. The molecule has 4 amide bonds. The van der Waals surface area contributed by atoms with E-state index in [1.165, 1.54) is 5.69 Å². The van der Waals surface area contributed by atoms with Gasteiger partial charge in [-0.15, -0.1) is 0 Å². The van der Waals surface area contributed by atoms with Crippen molar-refractivity contribution in [1.82, 2.24) is 25.1 Å². The summed E-state index contributed by atoms with van der Waals surface area (Å²) in [5, 5.41) is 5.76. The van der Waals surface area contributed by atoms with Crippen LogP contribution in [0.4, 0.5) is 38.3 Å². The Labute approximate surface area is 317 Å². The average molecular weight is 740 g/mol. The molecule has 0 bridgehead atoms. The number of carbonyl (C=O) groups excluding carboxylic acids is 3. The van der Waals surface area contributed by atoms with Crippen LogP contribution in [0.1, 0.15) is 56.9 Å². The van der Waals surface area contributed by atoms with Crippen molar-refractivity contribution in [3.8, 4) is 5.75 Å². The van der Waals surface area contributed by atoms with E-state index in [4.69, 9.17) is 14.5 Å². The minimum atomic E-state index is -0.549. The topological polar surface area (TPSA) is 136 Å². The summed E-state index contributed by atoms with van der Waals surface area (Å²) >= 11 is 0. The Morgan fingerprint density at radius 3 is 2.39 bits per heavy atom. The van der Waals surface area contributed by atoms with Crippen molar-refractivity contribution < 1.29 is 23.9 Å². The Morgan fingerprint density at radius 1 is 0.926 bits per heavy atom. The zero-order chi connectivity index (χ0) is 38.0. The van der Waals surface area contributed by atoms with Crippen molar-refractivity contribution in [1.29, 1.82) is 0 Å². The van der Waals surface area contributed by atoms with Crippen molar-refractivity contribution in [2.45, 2.75) is 65.5 Å². The number of anilines is 5. The Kier molecular flexibility index (Phi) is 10.8. The van der Waals surface area contributed by atoms with Gasteiger partial charge in [0.25, 0.3) is 0 Å². The third-order valence-electron chi connectivity index (χ3n) is 10.8. The van der Waals surface area contributed by atoms with Crippen LogP contribution in [0.2, 0.25) is 0 Å². The number of hydrogen-bond acceptors (Lipinski definition) is 11. The lowest BCUT2D eigenvalue weighted by Crippen LogP contribution is -2.50. The maximum atomic E-state index is 12.7. The third kappa shape index (κ3) is 8.64. The molecule has 3 aromatic rings. The molecule has 0 spiro atoms. The van der Waals surface area contributed by atoms with Crippen molar-refractivity contribution in [2.24, 2.45) is 5.92 Å². The van der Waals surface area contributed by atoms with Gasteiger partial charge in [0.1, 0.15) is 11.4 Å². The second kappa shape index (κ2) is 15.7. The predicted molar refractivity (Wildman–Crippen MR) is 209 cm³/mol. The summed E-state index contributed by atoms with van der Waals surface area (Å²) in [6.07, 6.45) is 4.78. The van der Waals surface area contributed by atoms with Crippen LogP contribution >= 0.6 is 0 Å². The molecule has 288 valence electrons. The first-order valence-corrected chi connectivity index (χ1v) is 19.1. The van der Waals surface area contributed by atoms with Crippen LogP contribution in [0, 0.1) is 12.8 Å². The van der Waals surface area contributed by atoms with E-state index in [1.54, 1.807) is 16.9 Å². The highest BCUT2D eigenvalue weighted by Gasteiger charge is 2.29. The highest BCUT2D eigenvalue weighted by molar-refractivity contribution is 6.06. The number of amides is 4. The van der Waals surface area contributed by atoms with E-state index in [9.17, 15) is 14.4 Å². The van der Waals surface area contributed by atoms with E-state index in [0.717, 1.165) is 98.3 Å². The number of methoxy groups -OCH3 is 1. The molecule has 14 nitrogen and oxygen atoms in total. The van der Waals surface area contributed by atoms with Crippen LogP contribution in [0.3, 0.4) is 0 Å². The van der Waals surface area contributed by atoms with Crippen LogP contribution in [0.15, 0.2) is 42.6 Å². The minimum absolute atomic E-state index is 0.218. The molecule has 0 aliphatic carbocycles. The van der Waals surface area contributed by atoms with Gasteiger partial charge in [-0.3, -0.25) is 19.9 Å². The molecule has 3 fully saturated rings. The van der Waals surface area contributed by atoms with Crippen LogP contribution < -0.4 is 30.1 Å². The van der Waals surface area contributed by atoms with Crippen molar-refractivity contribution >= 4 is 46.7 Å². The van der Waals surface area contributed by atoms with Crippen LogP contribution in [0.5, 0.6) is 5.75 Å². The molecule has 2 aromatic carbocycles. The predicted octanol–water partition coefficient (Wildman–Crippen LogP) is 5.32. The van der Waals surface area contributed by atoms with Gasteiger partial charge in [-0.2, -0.15) is 0 Å². The Morgan fingerprint density at radius 2 is 1.69 bits per heavy atom. The zero-order valence-electron chi connectivity index (χ0n) is 32.2. The summed E-state index contributed by atoms with van der Waals surface area (Å²) in [4.78, 5) is 56.7. The lowest BCUT2D eigenvalue weighted by Gasteiger charge is -2.40. The average Bonchev–Trinajstić information content (AvgIpc) is 3.15. The number of nitrogens with zero attached hydrogens (tertiary/aromatic N) is 7. The highest BCUT2D eigenvalue weighted by atomic mass is 16.6. The fourth-order valence-electron chi connectivity index (χ4n) is 7.83. The number of aromatic nitrogens is 2. The number of imide groups is 1. The Bertz CT molecular complexity index is 1860. The SMILES string of the molecule is COc1cc(Nc2ncc3c(n2)CN(C(=O)OC(C)(C)C)CC3)ccc1N1CCC(CN2CCN(c3ccc(N4CCC(=O)NC4=O)c(C)c3)CC2)CC1. The summed E-state index contributed by atoms with van der Waals surface area (Å²) in [6.45, 7) is 16.1. The smallest absolute Gasteiger partial charge is 0.410 e. The van der Waals surface area contributed by atoms with Crippen LogP contribution in [-0.4, -0.2) is 109 Å². The van der Waals surface area contributed by atoms with Gasteiger partial charge in [0.2, 0.25) is 11.9 Å². The van der Waals surface area contributed by atoms with Gasteiger partial charge in [0, 0.05) is 94.6 Å². The van der Waals surface area contributed by atoms with Crippen molar-refractivity contribution in [3.63, 3.8) is 0 Å². The standard InChI is InChI=1S/C40H53N9O5/c1-27-22-31(7-9-33(27)49-17-13-36(50)44-38(49)51)46-20-18-45(19-21-46)25-28-10-14-47(15-11-28)34-8-6-30(23-35(34)53-5)42-37-41-24-29-12-16-48(26-32(29)43-37)39(52)54-40(2,3)4/h6-9,22-24,28H,10-21,25-26H2,1-5H3,(H,41,42,43)(H,44,50,51).